The van der Waals surface area contributed by atoms with Crippen molar-refractivity contribution < 1.29 is 13.9 Å². The fraction of sp³-hybridized carbons (Fsp3) is 0.370. The normalized spacial score (nSPS) is 21.3. The Labute approximate surface area is 204 Å². The van der Waals surface area contributed by atoms with Gasteiger partial charge in [0.1, 0.15) is 17.7 Å². The molecule has 7 heteroatoms. The minimum Gasteiger partial charge on any atom is -0.488 e. The average Bonchev–Trinajstić information content (AvgIpc) is 3.45. The van der Waals surface area contributed by atoms with E-state index in [-0.39, 0.29) is 28.6 Å². The Balaban J connectivity index is 1.24. The Kier molecular flexibility index (Phi) is 6.73. The molecule has 1 amide bonds. The lowest BCUT2D eigenvalue weighted by Gasteiger charge is -2.20. The summed E-state index contributed by atoms with van der Waals surface area (Å²) in [4.78, 5) is 17.2. The molecular weight excluding hydrogens is 453 g/mol. The van der Waals surface area contributed by atoms with Crippen LogP contribution in [0.2, 0.25) is 5.02 Å². The van der Waals surface area contributed by atoms with Gasteiger partial charge in [-0.2, -0.15) is 0 Å². The topological polar surface area (TPSA) is 44.8 Å². The number of rotatable bonds is 6. The van der Waals surface area contributed by atoms with Crippen molar-refractivity contribution in [3.63, 3.8) is 0 Å². The highest BCUT2D eigenvalue weighted by atomic mass is 35.5. The van der Waals surface area contributed by atoms with Gasteiger partial charge in [-0.15, -0.1) is 0 Å². The number of nitrogens with one attached hydrogen (secondary N) is 1. The molecule has 2 fully saturated rings. The minimum absolute atomic E-state index is 0.0165. The van der Waals surface area contributed by atoms with E-state index in [1.807, 2.05) is 0 Å². The zero-order valence-corrected chi connectivity index (χ0v) is 20.0. The molecule has 1 unspecified atom stereocenters. The van der Waals surface area contributed by atoms with Gasteiger partial charge in [0.2, 0.25) is 0 Å². The number of halogens is 2. The number of likely N-dealkylation sites (N-methyl/N-ethyl adjacent to an activating group) is 1. The van der Waals surface area contributed by atoms with Crippen LogP contribution >= 0.6 is 11.6 Å². The lowest BCUT2D eigenvalue weighted by Crippen LogP contribution is -2.37. The number of amides is 1. The SMILES string of the molecule is CN1CCC(Oc2ccc(CN3CC[C@H](NC(=O)c4ccc(Cl)c(F)c4)C3)c3ccccc23)C1. The maximum atomic E-state index is 13.7. The van der Waals surface area contributed by atoms with Gasteiger partial charge in [0.25, 0.3) is 5.91 Å². The molecule has 0 aromatic heterocycles. The summed E-state index contributed by atoms with van der Waals surface area (Å²) in [5.74, 6) is 0.0926. The molecule has 0 bridgehead atoms. The molecule has 2 aliphatic rings. The summed E-state index contributed by atoms with van der Waals surface area (Å²) < 4.78 is 20.1. The zero-order valence-electron chi connectivity index (χ0n) is 19.3. The quantitative estimate of drug-likeness (QED) is 0.553. The number of likely N-dealkylation sites (tertiary alicyclic amines) is 2. The van der Waals surface area contributed by atoms with Crippen LogP contribution in [0.3, 0.4) is 0 Å². The summed E-state index contributed by atoms with van der Waals surface area (Å²) in [6.07, 6.45) is 2.14. The van der Waals surface area contributed by atoms with Crippen molar-refractivity contribution in [2.75, 3.05) is 33.2 Å². The van der Waals surface area contributed by atoms with Crippen LogP contribution in [0.1, 0.15) is 28.8 Å². The van der Waals surface area contributed by atoms with E-state index in [4.69, 9.17) is 16.3 Å². The summed E-state index contributed by atoms with van der Waals surface area (Å²) in [6, 6.07) is 16.8. The number of carbonyl (C=O) groups is 1. The van der Waals surface area contributed by atoms with Crippen molar-refractivity contribution >= 4 is 28.3 Å². The minimum atomic E-state index is -0.582. The molecule has 34 heavy (non-hydrogen) atoms. The van der Waals surface area contributed by atoms with Crippen LogP contribution in [0.15, 0.2) is 54.6 Å². The Morgan fingerprint density at radius 1 is 1.09 bits per heavy atom. The van der Waals surface area contributed by atoms with E-state index >= 15 is 0 Å². The van der Waals surface area contributed by atoms with Gasteiger partial charge in [0.15, 0.2) is 0 Å². The summed E-state index contributed by atoms with van der Waals surface area (Å²) in [7, 11) is 2.13. The fourth-order valence-corrected chi connectivity index (χ4v) is 5.10. The Morgan fingerprint density at radius 2 is 1.91 bits per heavy atom. The first-order valence-corrected chi connectivity index (χ1v) is 12.2. The second-order valence-corrected chi connectivity index (χ2v) is 9.79. The van der Waals surface area contributed by atoms with Crippen LogP contribution in [0.5, 0.6) is 5.75 Å². The van der Waals surface area contributed by atoms with Crippen LogP contribution in [0.25, 0.3) is 10.8 Å². The highest BCUT2D eigenvalue weighted by Gasteiger charge is 2.26. The Bertz CT molecular complexity index is 1200. The van der Waals surface area contributed by atoms with E-state index in [9.17, 15) is 9.18 Å². The molecule has 2 heterocycles. The molecule has 1 N–H and O–H groups in total. The second-order valence-electron chi connectivity index (χ2n) is 9.38. The van der Waals surface area contributed by atoms with Crippen LogP contribution in [0, 0.1) is 5.82 Å². The fourth-order valence-electron chi connectivity index (χ4n) is 4.99. The van der Waals surface area contributed by atoms with Gasteiger partial charge >= 0.3 is 0 Å². The van der Waals surface area contributed by atoms with E-state index < -0.39 is 5.82 Å². The largest absolute Gasteiger partial charge is 0.488 e. The number of fused-ring (bicyclic) bond motifs is 1. The summed E-state index contributed by atoms with van der Waals surface area (Å²) >= 11 is 5.73. The molecule has 0 radical (unpaired) electrons. The first-order valence-electron chi connectivity index (χ1n) is 11.8. The number of benzene rings is 3. The third-order valence-electron chi connectivity index (χ3n) is 6.80. The maximum Gasteiger partial charge on any atom is 0.251 e. The molecule has 2 saturated heterocycles. The van der Waals surface area contributed by atoms with Gasteiger partial charge < -0.3 is 15.0 Å². The number of nitrogens with zero attached hydrogens (tertiary/aromatic N) is 2. The van der Waals surface area contributed by atoms with Gasteiger partial charge in [-0.3, -0.25) is 9.69 Å². The van der Waals surface area contributed by atoms with Crippen molar-refractivity contribution in [1.82, 2.24) is 15.1 Å². The zero-order chi connectivity index (χ0) is 23.7. The summed E-state index contributed by atoms with van der Waals surface area (Å²) in [6.45, 7) is 4.47. The second kappa shape index (κ2) is 9.90. The first-order chi connectivity index (χ1) is 16.5. The Hall–Kier alpha value is -2.67. The van der Waals surface area contributed by atoms with Crippen molar-refractivity contribution in [3.8, 4) is 5.75 Å². The highest BCUT2D eigenvalue weighted by molar-refractivity contribution is 6.30. The molecule has 0 aliphatic carbocycles. The van der Waals surface area contributed by atoms with Gasteiger partial charge in [-0.25, -0.2) is 4.39 Å². The van der Waals surface area contributed by atoms with Crippen molar-refractivity contribution in [2.24, 2.45) is 0 Å². The third kappa shape index (κ3) is 5.04. The summed E-state index contributed by atoms with van der Waals surface area (Å²) in [5.41, 5.74) is 1.54. The predicted octanol–water partition coefficient (Wildman–Crippen LogP) is 4.72. The van der Waals surface area contributed by atoms with Crippen molar-refractivity contribution in [3.05, 3.63) is 76.6 Å². The first kappa shape index (κ1) is 23.1. The molecule has 5 nitrogen and oxygen atoms in total. The van der Waals surface area contributed by atoms with Crippen LogP contribution < -0.4 is 10.1 Å². The third-order valence-corrected chi connectivity index (χ3v) is 7.11. The molecule has 178 valence electrons. The van der Waals surface area contributed by atoms with Gasteiger partial charge in [0, 0.05) is 49.7 Å². The highest BCUT2D eigenvalue weighted by Crippen LogP contribution is 2.31. The number of hydrogen-bond acceptors (Lipinski definition) is 4. The Morgan fingerprint density at radius 3 is 2.68 bits per heavy atom. The van der Waals surface area contributed by atoms with E-state index in [0.29, 0.717) is 0 Å². The molecule has 3 aromatic rings. The molecule has 2 aliphatic heterocycles. The molecule has 2 atom stereocenters. The smallest absolute Gasteiger partial charge is 0.251 e. The van der Waals surface area contributed by atoms with E-state index in [2.05, 4.69) is 58.6 Å². The standard InChI is InChI=1S/C27H29ClFN3O2/c1-31-12-11-21(17-31)34-26-9-7-19(22-4-2-3-5-23(22)26)15-32-13-10-20(16-32)30-27(33)18-6-8-24(28)25(29)14-18/h2-9,14,20-21H,10-13,15-17H2,1H3,(H,30,33)/t20-,21?/m0/s1. The van der Waals surface area contributed by atoms with E-state index in [1.165, 1.54) is 23.1 Å². The van der Waals surface area contributed by atoms with E-state index in [1.54, 1.807) is 6.07 Å². The lowest BCUT2D eigenvalue weighted by molar-refractivity contribution is 0.0937. The lowest BCUT2D eigenvalue weighted by atomic mass is 10.0. The van der Waals surface area contributed by atoms with Crippen molar-refractivity contribution in [2.45, 2.75) is 31.5 Å². The predicted molar refractivity (Wildman–Crippen MR) is 133 cm³/mol. The van der Waals surface area contributed by atoms with Crippen LogP contribution in [0.4, 0.5) is 4.39 Å². The van der Waals surface area contributed by atoms with E-state index in [0.717, 1.165) is 56.7 Å². The number of hydrogen-bond donors (Lipinski definition) is 1. The van der Waals surface area contributed by atoms with Gasteiger partial charge in [0.05, 0.1) is 5.02 Å². The molecule has 5 rings (SSSR count). The molecule has 0 spiro atoms. The maximum absolute atomic E-state index is 13.7. The van der Waals surface area contributed by atoms with Crippen LogP contribution in [-0.4, -0.2) is 61.1 Å². The number of ether oxygens (including phenoxy) is 1. The monoisotopic (exact) mass is 481 g/mol. The molecule has 0 saturated carbocycles. The summed E-state index contributed by atoms with van der Waals surface area (Å²) in [5, 5.41) is 5.40. The molecular formula is C27H29ClFN3O2. The van der Waals surface area contributed by atoms with Crippen LogP contribution in [-0.2, 0) is 6.54 Å². The van der Waals surface area contributed by atoms with Crippen molar-refractivity contribution in [1.29, 1.82) is 0 Å². The average molecular weight is 482 g/mol. The molecule has 3 aromatic carbocycles. The number of carbonyl (C=O) groups excluding carboxylic acids is 1. The van der Waals surface area contributed by atoms with Gasteiger partial charge in [-0.05, 0) is 55.1 Å². The van der Waals surface area contributed by atoms with Gasteiger partial charge in [-0.1, -0.05) is 41.9 Å².